The molecule has 0 aromatic heterocycles. The predicted octanol–water partition coefficient (Wildman–Crippen LogP) is 3.46. The Morgan fingerprint density at radius 2 is 1.44 bits per heavy atom. The number of nitrogens with zero attached hydrogens (tertiary/aromatic N) is 1. The molecule has 4 nitrogen and oxygen atoms in total. The molecule has 0 fully saturated rings. The van der Waals surface area contributed by atoms with E-state index in [1.54, 1.807) is 0 Å². The quantitative estimate of drug-likeness (QED) is 0.655. The predicted molar refractivity (Wildman–Crippen MR) is 99.4 cm³/mol. The van der Waals surface area contributed by atoms with Crippen LogP contribution in [0.5, 0.6) is 0 Å². The first-order chi connectivity index (χ1) is 12.1. The fourth-order valence-corrected chi connectivity index (χ4v) is 2.65. The molecule has 0 saturated heterocycles. The van der Waals surface area contributed by atoms with Crippen LogP contribution >= 0.6 is 0 Å². The van der Waals surface area contributed by atoms with Gasteiger partial charge in [-0.15, -0.1) is 0 Å². The van der Waals surface area contributed by atoms with Crippen molar-refractivity contribution in [2.45, 2.75) is 18.9 Å². The van der Waals surface area contributed by atoms with Gasteiger partial charge in [0.05, 0.1) is 0 Å². The van der Waals surface area contributed by atoms with Crippen LogP contribution < -0.4 is 0 Å². The summed E-state index contributed by atoms with van der Waals surface area (Å²) < 4.78 is 11.8. The molecule has 0 N–H and O–H groups in total. The Bertz CT molecular complexity index is 601. The number of ether oxygens (including phenoxy) is 2. The van der Waals surface area contributed by atoms with Gasteiger partial charge < -0.3 is 14.4 Å². The fourth-order valence-electron chi connectivity index (χ4n) is 2.65. The van der Waals surface area contributed by atoms with Gasteiger partial charge >= 0.3 is 5.97 Å². The molecule has 2 rings (SSSR count). The Hall–Kier alpha value is -2.17. The summed E-state index contributed by atoms with van der Waals surface area (Å²) >= 11 is 0. The van der Waals surface area contributed by atoms with Crippen molar-refractivity contribution in [3.05, 3.63) is 71.8 Å². The highest BCUT2D eigenvalue weighted by atomic mass is 16.6. The van der Waals surface area contributed by atoms with Gasteiger partial charge in [0.2, 0.25) is 5.60 Å². The summed E-state index contributed by atoms with van der Waals surface area (Å²) in [7, 11) is 3.89. The highest BCUT2D eigenvalue weighted by molar-refractivity contribution is 5.85. The normalized spacial score (nSPS) is 11.5. The minimum absolute atomic E-state index is 0.322. The van der Waals surface area contributed by atoms with Gasteiger partial charge in [-0.05, 0) is 31.6 Å². The van der Waals surface area contributed by atoms with Gasteiger partial charge in [0.1, 0.15) is 6.61 Å². The van der Waals surface area contributed by atoms with E-state index in [9.17, 15) is 4.79 Å². The molecule has 0 bridgehead atoms. The van der Waals surface area contributed by atoms with Crippen molar-refractivity contribution in [2.24, 2.45) is 0 Å². The van der Waals surface area contributed by atoms with E-state index >= 15 is 0 Å². The van der Waals surface area contributed by atoms with Gasteiger partial charge in [-0.2, -0.15) is 0 Å². The summed E-state index contributed by atoms with van der Waals surface area (Å²) in [5.41, 5.74) is 0.319. The average Bonchev–Trinajstić information content (AvgIpc) is 2.64. The number of esters is 1. The Kier molecular flexibility index (Phi) is 7.16. The van der Waals surface area contributed by atoms with Crippen molar-refractivity contribution in [1.82, 2.24) is 4.90 Å². The SMILES string of the molecule is CCCOC(C(=O)OCCN(C)C)(c1ccccc1)c1ccccc1. The smallest absolute Gasteiger partial charge is 0.347 e. The minimum Gasteiger partial charge on any atom is -0.462 e. The molecule has 0 unspecified atom stereocenters. The van der Waals surface area contributed by atoms with E-state index in [-0.39, 0.29) is 5.97 Å². The summed E-state index contributed by atoms with van der Waals surface area (Å²) in [5, 5.41) is 0. The number of hydrogen-bond acceptors (Lipinski definition) is 4. The number of likely N-dealkylation sites (N-methyl/N-ethyl adjacent to an activating group) is 1. The molecule has 0 amide bonds. The topological polar surface area (TPSA) is 38.8 Å². The zero-order valence-corrected chi connectivity index (χ0v) is 15.3. The van der Waals surface area contributed by atoms with Crippen molar-refractivity contribution >= 4 is 5.97 Å². The summed E-state index contributed by atoms with van der Waals surface area (Å²) in [6.07, 6.45) is 0.812. The Labute approximate surface area is 150 Å². The van der Waals surface area contributed by atoms with Gasteiger partial charge in [0.15, 0.2) is 0 Å². The molecule has 0 aliphatic rings. The molecule has 2 aromatic rings. The highest BCUT2D eigenvalue weighted by Crippen LogP contribution is 2.35. The number of carbonyl (C=O) groups is 1. The van der Waals surface area contributed by atoms with E-state index in [0.717, 1.165) is 17.5 Å². The molecule has 4 heteroatoms. The number of rotatable bonds is 9. The van der Waals surface area contributed by atoms with Crippen LogP contribution in [0.15, 0.2) is 60.7 Å². The average molecular weight is 341 g/mol. The maximum Gasteiger partial charge on any atom is 0.347 e. The lowest BCUT2D eigenvalue weighted by Gasteiger charge is -2.32. The molecule has 0 heterocycles. The van der Waals surface area contributed by atoms with Gasteiger partial charge in [0.25, 0.3) is 0 Å². The van der Waals surface area contributed by atoms with E-state index in [0.29, 0.717) is 19.8 Å². The van der Waals surface area contributed by atoms with Crippen LogP contribution in [0.25, 0.3) is 0 Å². The summed E-state index contributed by atoms with van der Waals surface area (Å²) in [6, 6.07) is 19.2. The van der Waals surface area contributed by atoms with Crippen LogP contribution in [-0.2, 0) is 19.9 Å². The van der Waals surface area contributed by atoms with E-state index in [4.69, 9.17) is 9.47 Å². The molecular formula is C21H27NO3. The Morgan fingerprint density at radius 1 is 0.920 bits per heavy atom. The van der Waals surface area contributed by atoms with Crippen LogP contribution in [0.3, 0.4) is 0 Å². The molecular weight excluding hydrogens is 314 g/mol. The first kappa shape index (κ1) is 19.2. The van der Waals surface area contributed by atoms with Gasteiger partial charge in [-0.1, -0.05) is 67.6 Å². The van der Waals surface area contributed by atoms with E-state index in [2.05, 4.69) is 0 Å². The second-order valence-electron chi connectivity index (χ2n) is 6.20. The van der Waals surface area contributed by atoms with Crippen molar-refractivity contribution in [3.8, 4) is 0 Å². The summed E-state index contributed by atoms with van der Waals surface area (Å²) in [4.78, 5) is 15.2. The molecule has 134 valence electrons. The third-order valence-electron chi connectivity index (χ3n) is 3.94. The van der Waals surface area contributed by atoms with Crippen molar-refractivity contribution in [3.63, 3.8) is 0 Å². The Balaban J connectivity index is 2.45. The lowest BCUT2D eigenvalue weighted by Crippen LogP contribution is -2.42. The van der Waals surface area contributed by atoms with Crippen LogP contribution in [-0.4, -0.2) is 44.7 Å². The molecule has 0 saturated carbocycles. The standard InChI is InChI=1S/C21H27NO3/c1-4-16-25-21(18-11-7-5-8-12-18,19-13-9-6-10-14-19)20(23)24-17-15-22(2)3/h5-14H,4,15-17H2,1-3H3. The van der Waals surface area contributed by atoms with E-state index in [1.165, 1.54) is 0 Å². The monoisotopic (exact) mass is 341 g/mol. The van der Waals surface area contributed by atoms with Gasteiger partial charge in [-0.25, -0.2) is 4.79 Å². The minimum atomic E-state index is -1.25. The summed E-state index contributed by atoms with van der Waals surface area (Å²) in [6.45, 7) is 3.48. The Morgan fingerprint density at radius 3 is 1.88 bits per heavy atom. The molecule has 0 spiro atoms. The highest BCUT2D eigenvalue weighted by Gasteiger charge is 2.44. The van der Waals surface area contributed by atoms with E-state index < -0.39 is 5.60 Å². The van der Waals surface area contributed by atoms with Crippen molar-refractivity contribution < 1.29 is 14.3 Å². The van der Waals surface area contributed by atoms with Gasteiger partial charge in [-0.3, -0.25) is 0 Å². The lowest BCUT2D eigenvalue weighted by atomic mass is 9.86. The number of benzene rings is 2. The molecule has 0 radical (unpaired) electrons. The third-order valence-corrected chi connectivity index (χ3v) is 3.94. The van der Waals surface area contributed by atoms with Crippen LogP contribution in [0.1, 0.15) is 24.5 Å². The molecule has 0 aliphatic carbocycles. The molecule has 0 aliphatic heterocycles. The fraction of sp³-hybridized carbons (Fsp3) is 0.381. The van der Waals surface area contributed by atoms with Crippen LogP contribution in [0, 0.1) is 0 Å². The van der Waals surface area contributed by atoms with Crippen LogP contribution in [0.2, 0.25) is 0 Å². The van der Waals surface area contributed by atoms with Crippen molar-refractivity contribution in [2.75, 3.05) is 33.9 Å². The van der Waals surface area contributed by atoms with E-state index in [1.807, 2.05) is 86.6 Å². The lowest BCUT2D eigenvalue weighted by molar-refractivity contribution is -0.169. The first-order valence-electron chi connectivity index (χ1n) is 8.68. The zero-order chi connectivity index (χ0) is 18.1. The molecule has 25 heavy (non-hydrogen) atoms. The van der Waals surface area contributed by atoms with Crippen molar-refractivity contribution in [1.29, 1.82) is 0 Å². The molecule has 2 aromatic carbocycles. The first-order valence-corrected chi connectivity index (χ1v) is 8.68. The second-order valence-corrected chi connectivity index (χ2v) is 6.20. The maximum absolute atomic E-state index is 13.2. The summed E-state index contributed by atoms with van der Waals surface area (Å²) in [5.74, 6) is -0.375. The third kappa shape index (κ3) is 4.68. The number of carbonyl (C=O) groups excluding carboxylic acids is 1. The molecule has 0 atom stereocenters. The second kappa shape index (κ2) is 9.35. The zero-order valence-electron chi connectivity index (χ0n) is 15.3. The van der Waals surface area contributed by atoms with Crippen LogP contribution in [0.4, 0.5) is 0 Å². The van der Waals surface area contributed by atoms with Gasteiger partial charge in [0, 0.05) is 13.2 Å². The maximum atomic E-state index is 13.2. The number of hydrogen-bond donors (Lipinski definition) is 0. The largest absolute Gasteiger partial charge is 0.462 e.